The maximum atomic E-state index is 12.6. The van der Waals surface area contributed by atoms with Crippen molar-refractivity contribution < 1.29 is 9.59 Å². The minimum atomic E-state index is -0.181. The smallest absolute Gasteiger partial charge is 0.274 e. The number of likely N-dealkylation sites (tertiary alicyclic amines) is 1. The summed E-state index contributed by atoms with van der Waals surface area (Å²) in [6.07, 6.45) is 4.69. The lowest BCUT2D eigenvalue weighted by atomic mass is 9.96. The van der Waals surface area contributed by atoms with Gasteiger partial charge in [0, 0.05) is 25.8 Å². The molecule has 0 aliphatic carbocycles. The maximum Gasteiger partial charge on any atom is 0.274 e. The second kappa shape index (κ2) is 7.88. The predicted molar refractivity (Wildman–Crippen MR) is 93.7 cm³/mol. The molecule has 1 aromatic carbocycles. The number of benzene rings is 1. The van der Waals surface area contributed by atoms with E-state index < -0.39 is 0 Å². The first kappa shape index (κ1) is 17.1. The highest BCUT2D eigenvalue weighted by molar-refractivity contribution is 5.92. The molecule has 1 N–H and O–H groups in total. The van der Waals surface area contributed by atoms with Crippen molar-refractivity contribution in [3.8, 4) is 0 Å². The average molecular weight is 338 g/mol. The first-order valence-corrected chi connectivity index (χ1v) is 8.53. The molecular formula is C19H22N4O2. The highest BCUT2D eigenvalue weighted by Gasteiger charge is 2.29. The molecule has 6 nitrogen and oxygen atoms in total. The number of hydrogen-bond acceptors (Lipinski definition) is 4. The summed E-state index contributed by atoms with van der Waals surface area (Å²) in [5, 5.41) is 2.97. The third kappa shape index (κ3) is 4.41. The van der Waals surface area contributed by atoms with Crippen molar-refractivity contribution in [1.29, 1.82) is 0 Å². The summed E-state index contributed by atoms with van der Waals surface area (Å²) < 4.78 is 0. The Hall–Kier alpha value is -2.76. The van der Waals surface area contributed by atoms with Crippen molar-refractivity contribution in [2.45, 2.75) is 26.3 Å². The lowest BCUT2D eigenvalue weighted by Crippen LogP contribution is -2.45. The van der Waals surface area contributed by atoms with E-state index >= 15 is 0 Å². The minimum Gasteiger partial charge on any atom is -0.352 e. The highest BCUT2D eigenvalue weighted by Crippen LogP contribution is 2.18. The van der Waals surface area contributed by atoms with E-state index in [2.05, 4.69) is 15.3 Å². The average Bonchev–Trinajstić information content (AvgIpc) is 2.67. The Morgan fingerprint density at radius 1 is 1.20 bits per heavy atom. The molecule has 1 unspecified atom stereocenters. The van der Waals surface area contributed by atoms with E-state index in [0.717, 1.165) is 24.1 Å². The van der Waals surface area contributed by atoms with Crippen LogP contribution in [0.25, 0.3) is 0 Å². The molecule has 0 spiro atoms. The second-order valence-electron chi connectivity index (χ2n) is 6.34. The van der Waals surface area contributed by atoms with E-state index in [1.807, 2.05) is 37.3 Å². The monoisotopic (exact) mass is 338 g/mol. The highest BCUT2D eigenvalue weighted by atomic mass is 16.2. The Morgan fingerprint density at radius 2 is 2.00 bits per heavy atom. The Bertz CT molecular complexity index is 731. The van der Waals surface area contributed by atoms with Crippen LogP contribution in [0, 0.1) is 12.8 Å². The predicted octanol–water partition coefficient (Wildman–Crippen LogP) is 1.95. The van der Waals surface area contributed by atoms with E-state index in [9.17, 15) is 9.59 Å². The molecule has 6 heteroatoms. The number of carbonyl (C=O) groups is 2. The van der Waals surface area contributed by atoms with Gasteiger partial charge in [0.25, 0.3) is 5.91 Å². The van der Waals surface area contributed by atoms with Crippen LogP contribution in [-0.2, 0) is 11.3 Å². The Labute approximate surface area is 147 Å². The van der Waals surface area contributed by atoms with Crippen LogP contribution in [0.1, 0.15) is 34.6 Å². The normalized spacial score (nSPS) is 17.2. The van der Waals surface area contributed by atoms with E-state index in [1.165, 1.54) is 6.20 Å². The maximum absolute atomic E-state index is 12.6. The molecule has 130 valence electrons. The lowest BCUT2D eigenvalue weighted by molar-refractivity contribution is -0.126. The number of aryl methyl sites for hydroxylation is 1. The largest absolute Gasteiger partial charge is 0.352 e. The van der Waals surface area contributed by atoms with Gasteiger partial charge in [-0.2, -0.15) is 0 Å². The van der Waals surface area contributed by atoms with Crippen LogP contribution in [0.2, 0.25) is 0 Å². The van der Waals surface area contributed by atoms with E-state index in [0.29, 0.717) is 25.3 Å². The van der Waals surface area contributed by atoms with Crippen LogP contribution in [0.15, 0.2) is 42.7 Å². The summed E-state index contributed by atoms with van der Waals surface area (Å²) in [6, 6.07) is 9.81. The summed E-state index contributed by atoms with van der Waals surface area (Å²) in [4.78, 5) is 35.0. The fraction of sp³-hybridized carbons (Fsp3) is 0.368. The van der Waals surface area contributed by atoms with Gasteiger partial charge in [0.1, 0.15) is 5.69 Å². The molecule has 2 aromatic rings. The zero-order valence-electron chi connectivity index (χ0n) is 14.3. The van der Waals surface area contributed by atoms with Gasteiger partial charge in [0.2, 0.25) is 5.91 Å². The van der Waals surface area contributed by atoms with Crippen LogP contribution < -0.4 is 5.32 Å². The Balaban J connectivity index is 1.57. The van der Waals surface area contributed by atoms with Gasteiger partial charge in [0.15, 0.2) is 0 Å². The molecule has 0 radical (unpaired) electrons. The van der Waals surface area contributed by atoms with Gasteiger partial charge in [0.05, 0.1) is 17.8 Å². The zero-order chi connectivity index (χ0) is 17.6. The third-order valence-corrected chi connectivity index (χ3v) is 4.39. The van der Waals surface area contributed by atoms with Gasteiger partial charge in [-0.05, 0) is 25.3 Å². The summed E-state index contributed by atoms with van der Waals surface area (Å²) >= 11 is 0. The molecule has 0 bridgehead atoms. The van der Waals surface area contributed by atoms with Crippen LogP contribution >= 0.6 is 0 Å². The molecule has 3 rings (SSSR count). The lowest BCUT2D eigenvalue weighted by Gasteiger charge is -2.31. The zero-order valence-corrected chi connectivity index (χ0v) is 14.3. The van der Waals surface area contributed by atoms with Gasteiger partial charge < -0.3 is 10.2 Å². The first-order valence-electron chi connectivity index (χ1n) is 8.53. The molecule has 1 aliphatic heterocycles. The van der Waals surface area contributed by atoms with Crippen LogP contribution in [0.5, 0.6) is 0 Å². The number of nitrogens with zero attached hydrogens (tertiary/aromatic N) is 3. The number of rotatable bonds is 4. The standard InChI is InChI=1S/C19H22N4O2/c1-14-10-21-17(12-20-14)19(25)23-9-5-8-16(13-23)18(24)22-11-15-6-3-2-4-7-15/h2-4,6-7,10,12,16H,5,8-9,11,13H2,1H3,(H,22,24). The van der Waals surface area contributed by atoms with Crippen molar-refractivity contribution >= 4 is 11.8 Å². The molecule has 1 saturated heterocycles. The molecule has 1 aliphatic rings. The molecule has 2 heterocycles. The SMILES string of the molecule is Cc1cnc(C(=O)N2CCCC(C(=O)NCc3ccccc3)C2)cn1. The van der Waals surface area contributed by atoms with Gasteiger partial charge >= 0.3 is 0 Å². The third-order valence-electron chi connectivity index (χ3n) is 4.39. The fourth-order valence-corrected chi connectivity index (χ4v) is 2.97. The molecule has 1 fully saturated rings. The number of hydrogen-bond donors (Lipinski definition) is 1. The summed E-state index contributed by atoms with van der Waals surface area (Å²) in [6.45, 7) is 3.41. The van der Waals surface area contributed by atoms with Crippen molar-refractivity contribution in [3.63, 3.8) is 0 Å². The molecule has 1 aromatic heterocycles. The van der Waals surface area contributed by atoms with Crippen LogP contribution in [-0.4, -0.2) is 39.8 Å². The molecular weight excluding hydrogens is 316 g/mol. The number of piperidine rings is 1. The molecule has 0 saturated carbocycles. The van der Waals surface area contributed by atoms with Crippen molar-refractivity contribution in [1.82, 2.24) is 20.2 Å². The topological polar surface area (TPSA) is 75.2 Å². The van der Waals surface area contributed by atoms with Gasteiger partial charge in [-0.1, -0.05) is 30.3 Å². The van der Waals surface area contributed by atoms with E-state index in [1.54, 1.807) is 11.1 Å². The summed E-state index contributed by atoms with van der Waals surface area (Å²) in [5.41, 5.74) is 2.17. The van der Waals surface area contributed by atoms with Crippen LogP contribution in [0.4, 0.5) is 0 Å². The quantitative estimate of drug-likeness (QED) is 0.925. The minimum absolute atomic E-state index is 0.00339. The number of aromatic nitrogens is 2. The number of amides is 2. The fourth-order valence-electron chi connectivity index (χ4n) is 2.97. The molecule has 2 amide bonds. The molecule has 25 heavy (non-hydrogen) atoms. The van der Waals surface area contributed by atoms with Crippen molar-refractivity contribution in [2.24, 2.45) is 5.92 Å². The number of nitrogens with one attached hydrogen (secondary N) is 1. The second-order valence-corrected chi connectivity index (χ2v) is 6.34. The Morgan fingerprint density at radius 3 is 2.72 bits per heavy atom. The van der Waals surface area contributed by atoms with Crippen molar-refractivity contribution in [2.75, 3.05) is 13.1 Å². The Kier molecular flexibility index (Phi) is 5.38. The van der Waals surface area contributed by atoms with Gasteiger partial charge in [-0.15, -0.1) is 0 Å². The van der Waals surface area contributed by atoms with Gasteiger partial charge in [-0.25, -0.2) is 4.98 Å². The summed E-state index contributed by atoms with van der Waals surface area (Å²) in [7, 11) is 0. The van der Waals surface area contributed by atoms with Crippen molar-refractivity contribution in [3.05, 3.63) is 59.7 Å². The first-order chi connectivity index (χ1) is 12.1. The van der Waals surface area contributed by atoms with E-state index in [-0.39, 0.29) is 17.7 Å². The summed E-state index contributed by atoms with van der Waals surface area (Å²) in [5.74, 6) is -0.343. The number of carbonyl (C=O) groups excluding carboxylic acids is 2. The van der Waals surface area contributed by atoms with Gasteiger partial charge in [-0.3, -0.25) is 14.6 Å². The van der Waals surface area contributed by atoms with E-state index in [4.69, 9.17) is 0 Å². The molecule has 1 atom stereocenters. The van der Waals surface area contributed by atoms with Crippen LogP contribution in [0.3, 0.4) is 0 Å².